The molecule has 2 aromatic carbocycles. The number of aryl methyl sites for hydroxylation is 1. The van der Waals surface area contributed by atoms with Crippen molar-refractivity contribution < 1.29 is 54.6 Å². The summed E-state index contributed by atoms with van der Waals surface area (Å²) in [7, 11) is 4.48. The van der Waals surface area contributed by atoms with Crippen molar-refractivity contribution >= 4 is 11.9 Å². The maximum absolute atomic E-state index is 16.5. The lowest BCUT2D eigenvalue weighted by Crippen LogP contribution is -2.41. The maximum Gasteiger partial charge on any atom is 0.419 e. The highest BCUT2D eigenvalue weighted by molar-refractivity contribution is 5.82. The number of carboxylic acids is 1. The smallest absolute Gasteiger partial charge is 0.419 e. The summed E-state index contributed by atoms with van der Waals surface area (Å²) in [5.74, 6) is -7.05. The lowest BCUT2D eigenvalue weighted by molar-refractivity contribution is -0.140. The number of carbonyl (C=O) groups is 2. The molecule has 1 heterocycles. The number of halogens is 8. The number of pyridine rings is 1. The van der Waals surface area contributed by atoms with Crippen LogP contribution in [0.3, 0.4) is 0 Å². The van der Waals surface area contributed by atoms with E-state index in [1.165, 1.54) is 33.1 Å². The third-order valence-electron chi connectivity index (χ3n) is 8.33. The number of aromatic nitrogens is 1. The summed E-state index contributed by atoms with van der Waals surface area (Å²) in [6.07, 6.45) is -11.2. The summed E-state index contributed by atoms with van der Waals surface area (Å²) in [6, 6.07) is -0.445. The molecule has 2 N–H and O–H groups in total. The van der Waals surface area contributed by atoms with Crippen LogP contribution in [-0.2, 0) is 28.4 Å². The zero-order valence-electron chi connectivity index (χ0n) is 28.9. The van der Waals surface area contributed by atoms with Crippen molar-refractivity contribution in [1.82, 2.24) is 14.8 Å². The molecule has 0 fully saturated rings. The first kappa shape index (κ1) is 41.0. The molecule has 280 valence electrons. The van der Waals surface area contributed by atoms with Crippen molar-refractivity contribution in [2.45, 2.75) is 71.4 Å². The van der Waals surface area contributed by atoms with E-state index in [9.17, 15) is 45.8 Å². The molecule has 0 aliphatic carbocycles. The lowest BCUT2D eigenvalue weighted by Gasteiger charge is -2.27. The minimum Gasteiger partial charge on any atom is -0.496 e. The predicted octanol–water partition coefficient (Wildman–Crippen LogP) is 7.48. The van der Waals surface area contributed by atoms with Crippen molar-refractivity contribution in [3.05, 3.63) is 85.8 Å². The van der Waals surface area contributed by atoms with Gasteiger partial charge in [-0.05, 0) is 81.1 Å². The number of amides is 1. The number of alkyl halides is 6. The summed E-state index contributed by atoms with van der Waals surface area (Å²) >= 11 is 0. The molecule has 1 amide bonds. The summed E-state index contributed by atoms with van der Waals surface area (Å²) in [5.41, 5.74) is -6.58. The summed E-state index contributed by atoms with van der Waals surface area (Å²) in [4.78, 5) is 40.6. The van der Waals surface area contributed by atoms with Crippen LogP contribution in [0.4, 0.5) is 35.1 Å². The first-order valence-electron chi connectivity index (χ1n) is 15.7. The highest BCUT2D eigenvalue weighted by Crippen LogP contribution is 2.43. The standard InChI is InChI=1S/C35H39F8N3O5/c1-17(2)12-25(46-16-20(10-11-45(5)6)22(14-27(46)47)34(38,39)40)33(50)44-24(15-28(48)49)30-31(36)21(13-23(32(30)37)35(41,42)43)29-18(3)8-9-26(51-7)19(29)4/h8-9,13-14,16-17,24-25H,10-12,15H2,1-7H3,(H,44,50)(H,48,49). The molecule has 0 radical (unpaired) electrons. The molecular formula is C35H39F8N3O5. The van der Waals surface area contributed by atoms with Crippen LogP contribution in [-0.4, -0.2) is 54.2 Å². The van der Waals surface area contributed by atoms with Crippen molar-refractivity contribution in [2.75, 3.05) is 27.7 Å². The van der Waals surface area contributed by atoms with E-state index in [4.69, 9.17) is 4.74 Å². The molecule has 0 saturated carbocycles. The average molecular weight is 734 g/mol. The van der Waals surface area contributed by atoms with Gasteiger partial charge in [-0.25, -0.2) is 8.78 Å². The molecule has 0 aliphatic heterocycles. The Morgan fingerprint density at radius 2 is 1.59 bits per heavy atom. The van der Waals surface area contributed by atoms with Gasteiger partial charge in [0.15, 0.2) is 0 Å². The highest BCUT2D eigenvalue weighted by atomic mass is 19.4. The van der Waals surface area contributed by atoms with Crippen molar-refractivity contribution in [1.29, 1.82) is 0 Å². The number of aliphatic carboxylic acids is 1. The second-order valence-corrected chi connectivity index (χ2v) is 12.9. The Labute approximate surface area is 289 Å². The maximum atomic E-state index is 16.5. The lowest BCUT2D eigenvalue weighted by atomic mass is 9.88. The van der Waals surface area contributed by atoms with Crippen LogP contribution >= 0.6 is 0 Å². The van der Waals surface area contributed by atoms with Crippen LogP contribution in [0.25, 0.3) is 11.1 Å². The number of ether oxygens (including phenoxy) is 1. The number of nitrogens with one attached hydrogen (secondary N) is 1. The highest BCUT2D eigenvalue weighted by Gasteiger charge is 2.41. The van der Waals surface area contributed by atoms with Gasteiger partial charge in [-0.15, -0.1) is 0 Å². The Hall–Kier alpha value is -4.47. The number of hydrogen-bond donors (Lipinski definition) is 2. The topological polar surface area (TPSA) is 101 Å². The molecule has 3 aromatic rings. The number of likely N-dealkylation sites (N-methyl/N-ethyl adjacent to an activating group) is 1. The molecule has 2 atom stereocenters. The molecule has 16 heteroatoms. The first-order valence-corrected chi connectivity index (χ1v) is 15.7. The van der Waals surface area contributed by atoms with Crippen molar-refractivity contribution in [2.24, 2.45) is 5.92 Å². The molecule has 2 unspecified atom stereocenters. The minimum absolute atomic E-state index is 0.0988. The fourth-order valence-electron chi connectivity index (χ4n) is 5.92. The van der Waals surface area contributed by atoms with Gasteiger partial charge in [0.05, 0.1) is 30.7 Å². The van der Waals surface area contributed by atoms with Crippen LogP contribution in [0.15, 0.2) is 35.3 Å². The SMILES string of the molecule is COc1ccc(C)c(-c2cc(C(F)(F)F)c(F)c(C(CC(=O)O)NC(=O)C(CC(C)C)n3cc(CCN(C)C)c(C(F)(F)F)cc3=O)c2F)c1C. The summed E-state index contributed by atoms with van der Waals surface area (Å²) in [6.45, 7) is 6.21. The zero-order chi connectivity index (χ0) is 38.7. The van der Waals surface area contributed by atoms with E-state index in [1.54, 1.807) is 32.8 Å². The summed E-state index contributed by atoms with van der Waals surface area (Å²) in [5, 5.41) is 11.8. The first-order chi connectivity index (χ1) is 23.5. The quantitative estimate of drug-likeness (QED) is 0.177. The van der Waals surface area contributed by atoms with Crippen LogP contribution < -0.4 is 15.6 Å². The molecule has 3 rings (SSSR count). The monoisotopic (exact) mass is 733 g/mol. The van der Waals surface area contributed by atoms with Gasteiger partial charge < -0.3 is 24.6 Å². The largest absolute Gasteiger partial charge is 0.496 e. The normalized spacial score (nSPS) is 13.4. The number of carboxylic acid groups (broad SMARTS) is 1. The molecule has 0 aliphatic rings. The molecule has 8 nitrogen and oxygen atoms in total. The number of rotatable bonds is 13. The average Bonchev–Trinajstić information content (AvgIpc) is 2.98. The van der Waals surface area contributed by atoms with Gasteiger partial charge in [-0.3, -0.25) is 14.4 Å². The Morgan fingerprint density at radius 1 is 0.980 bits per heavy atom. The Balaban J connectivity index is 2.31. The van der Waals surface area contributed by atoms with E-state index < -0.39 is 88.1 Å². The van der Waals surface area contributed by atoms with E-state index in [0.29, 0.717) is 10.6 Å². The van der Waals surface area contributed by atoms with E-state index in [1.807, 2.05) is 0 Å². The summed E-state index contributed by atoms with van der Waals surface area (Å²) < 4.78 is 123. The van der Waals surface area contributed by atoms with Crippen LogP contribution in [0, 0.1) is 31.4 Å². The zero-order valence-corrected chi connectivity index (χ0v) is 28.9. The van der Waals surface area contributed by atoms with Crippen LogP contribution in [0.1, 0.15) is 72.2 Å². The Bertz CT molecular complexity index is 1830. The molecule has 51 heavy (non-hydrogen) atoms. The fraction of sp³-hybridized carbons (Fsp3) is 0.457. The number of nitrogens with zero attached hydrogens (tertiary/aromatic N) is 2. The van der Waals surface area contributed by atoms with Gasteiger partial charge in [-0.1, -0.05) is 19.9 Å². The third kappa shape index (κ3) is 9.45. The molecule has 0 spiro atoms. The van der Waals surface area contributed by atoms with Gasteiger partial charge in [0.25, 0.3) is 5.56 Å². The minimum atomic E-state index is -5.41. The number of methoxy groups -OCH3 is 1. The van der Waals surface area contributed by atoms with Crippen molar-refractivity contribution in [3.63, 3.8) is 0 Å². The molecule has 0 saturated heterocycles. The van der Waals surface area contributed by atoms with E-state index in [-0.39, 0.29) is 53.5 Å². The predicted molar refractivity (Wildman–Crippen MR) is 172 cm³/mol. The van der Waals surface area contributed by atoms with Gasteiger partial charge in [-0.2, -0.15) is 26.3 Å². The Morgan fingerprint density at radius 3 is 2.10 bits per heavy atom. The molecule has 0 bridgehead atoms. The van der Waals surface area contributed by atoms with E-state index in [0.717, 1.165) is 6.20 Å². The van der Waals surface area contributed by atoms with Crippen LogP contribution in [0.5, 0.6) is 5.75 Å². The van der Waals surface area contributed by atoms with E-state index in [2.05, 4.69) is 5.32 Å². The number of benzene rings is 2. The number of hydrogen-bond acceptors (Lipinski definition) is 5. The van der Waals surface area contributed by atoms with Gasteiger partial charge in [0.2, 0.25) is 5.91 Å². The fourth-order valence-corrected chi connectivity index (χ4v) is 5.92. The number of carbonyl (C=O) groups excluding carboxylic acids is 1. The molecular weight excluding hydrogens is 694 g/mol. The van der Waals surface area contributed by atoms with Crippen LogP contribution in [0.2, 0.25) is 0 Å². The third-order valence-corrected chi connectivity index (χ3v) is 8.33. The van der Waals surface area contributed by atoms with Gasteiger partial charge in [0, 0.05) is 29.9 Å². The Kier molecular flexibility index (Phi) is 12.7. The second-order valence-electron chi connectivity index (χ2n) is 12.9. The van der Waals surface area contributed by atoms with Gasteiger partial charge >= 0.3 is 18.3 Å². The molecule has 1 aromatic heterocycles. The second kappa shape index (κ2) is 15.8. The van der Waals surface area contributed by atoms with Crippen molar-refractivity contribution in [3.8, 4) is 16.9 Å². The van der Waals surface area contributed by atoms with Gasteiger partial charge in [0.1, 0.15) is 23.4 Å². The van der Waals surface area contributed by atoms with E-state index >= 15 is 8.78 Å².